The van der Waals surface area contributed by atoms with Crippen LogP contribution in [-0.4, -0.2) is 28.8 Å². The first-order valence-electron chi connectivity index (χ1n) is 4.90. The average Bonchev–Trinajstić information content (AvgIpc) is 2.17. The fourth-order valence-corrected chi connectivity index (χ4v) is 1.11. The van der Waals surface area contributed by atoms with E-state index in [2.05, 4.69) is 9.97 Å². The van der Waals surface area contributed by atoms with Gasteiger partial charge in [-0.05, 0) is 20.8 Å². The van der Waals surface area contributed by atoms with Gasteiger partial charge in [-0.15, -0.1) is 0 Å². The first kappa shape index (κ1) is 13.0. The SMILES string of the molecule is CC(C)(C)OCCOc1nc[nH]c(=O)c1Cl. The molecular weight excluding hydrogens is 232 g/mol. The van der Waals surface area contributed by atoms with Gasteiger partial charge in [0.1, 0.15) is 6.61 Å². The second-order valence-electron chi connectivity index (χ2n) is 4.16. The lowest BCUT2D eigenvalue weighted by Gasteiger charge is -2.19. The molecule has 90 valence electrons. The van der Waals surface area contributed by atoms with Crippen LogP contribution in [0.3, 0.4) is 0 Å². The highest BCUT2D eigenvalue weighted by molar-refractivity contribution is 6.31. The van der Waals surface area contributed by atoms with Gasteiger partial charge in [0, 0.05) is 0 Å². The second-order valence-corrected chi connectivity index (χ2v) is 4.54. The molecule has 1 heterocycles. The Hall–Kier alpha value is -1.07. The monoisotopic (exact) mass is 246 g/mol. The molecule has 0 atom stereocenters. The summed E-state index contributed by atoms with van der Waals surface area (Å²) in [5.74, 6) is 0.128. The Labute approximate surface area is 98.8 Å². The fraction of sp³-hybridized carbons (Fsp3) is 0.600. The van der Waals surface area contributed by atoms with E-state index in [1.54, 1.807) is 0 Å². The molecule has 0 spiro atoms. The maximum Gasteiger partial charge on any atom is 0.273 e. The molecule has 16 heavy (non-hydrogen) atoms. The first-order valence-corrected chi connectivity index (χ1v) is 5.28. The topological polar surface area (TPSA) is 64.2 Å². The Bertz CT molecular complexity index is 398. The van der Waals surface area contributed by atoms with E-state index in [0.717, 1.165) is 0 Å². The van der Waals surface area contributed by atoms with Gasteiger partial charge in [0.25, 0.3) is 5.56 Å². The molecule has 0 unspecified atom stereocenters. The Morgan fingerprint density at radius 3 is 2.75 bits per heavy atom. The molecule has 1 aromatic rings. The zero-order chi connectivity index (χ0) is 12.2. The van der Waals surface area contributed by atoms with Crippen molar-refractivity contribution in [3.05, 3.63) is 21.7 Å². The third-order valence-electron chi connectivity index (χ3n) is 1.62. The number of H-pyrrole nitrogens is 1. The maximum atomic E-state index is 11.1. The summed E-state index contributed by atoms with van der Waals surface area (Å²) in [7, 11) is 0. The number of aromatic nitrogens is 2. The number of rotatable bonds is 4. The number of aromatic amines is 1. The molecule has 1 N–H and O–H groups in total. The Morgan fingerprint density at radius 1 is 1.44 bits per heavy atom. The largest absolute Gasteiger partial charge is 0.474 e. The lowest BCUT2D eigenvalue weighted by Crippen LogP contribution is -2.23. The average molecular weight is 247 g/mol. The normalized spacial score (nSPS) is 11.5. The Morgan fingerprint density at radius 2 is 2.12 bits per heavy atom. The molecule has 6 heteroatoms. The van der Waals surface area contributed by atoms with Crippen LogP contribution in [0.1, 0.15) is 20.8 Å². The third kappa shape index (κ3) is 4.20. The molecule has 0 radical (unpaired) electrons. The second kappa shape index (κ2) is 5.32. The lowest BCUT2D eigenvalue weighted by atomic mass is 10.2. The zero-order valence-corrected chi connectivity index (χ0v) is 10.3. The van der Waals surface area contributed by atoms with Crippen LogP contribution < -0.4 is 10.3 Å². The molecule has 1 aromatic heterocycles. The summed E-state index contributed by atoms with van der Waals surface area (Å²) in [5, 5.41) is -0.0433. The van der Waals surface area contributed by atoms with E-state index in [4.69, 9.17) is 21.1 Å². The smallest absolute Gasteiger partial charge is 0.273 e. The van der Waals surface area contributed by atoms with Crippen molar-refractivity contribution in [1.29, 1.82) is 0 Å². The molecule has 0 amide bonds. The van der Waals surface area contributed by atoms with Crippen LogP contribution in [0.5, 0.6) is 5.88 Å². The number of hydrogen-bond acceptors (Lipinski definition) is 4. The van der Waals surface area contributed by atoms with Gasteiger partial charge >= 0.3 is 0 Å². The first-order chi connectivity index (χ1) is 7.40. The van der Waals surface area contributed by atoms with Gasteiger partial charge in [0.2, 0.25) is 5.88 Å². The van der Waals surface area contributed by atoms with E-state index in [-0.39, 0.29) is 16.5 Å². The quantitative estimate of drug-likeness (QED) is 0.820. The maximum absolute atomic E-state index is 11.1. The third-order valence-corrected chi connectivity index (χ3v) is 1.96. The van der Waals surface area contributed by atoms with Crippen LogP contribution in [0.15, 0.2) is 11.1 Å². The summed E-state index contributed by atoms with van der Waals surface area (Å²) in [4.78, 5) is 17.2. The van der Waals surface area contributed by atoms with Crippen molar-refractivity contribution in [3.63, 3.8) is 0 Å². The van der Waals surface area contributed by atoms with Crippen LogP contribution >= 0.6 is 11.6 Å². The molecule has 5 nitrogen and oxygen atoms in total. The van der Waals surface area contributed by atoms with Crippen LogP contribution in [0.2, 0.25) is 5.02 Å². The van der Waals surface area contributed by atoms with Gasteiger partial charge < -0.3 is 14.5 Å². The minimum Gasteiger partial charge on any atom is -0.474 e. The van der Waals surface area contributed by atoms with E-state index >= 15 is 0 Å². The predicted octanol–water partition coefficient (Wildman–Crippen LogP) is 1.62. The minimum absolute atomic E-state index is 0.0433. The van der Waals surface area contributed by atoms with E-state index in [1.165, 1.54) is 6.33 Å². The zero-order valence-electron chi connectivity index (χ0n) is 9.54. The van der Waals surface area contributed by atoms with Crippen molar-refractivity contribution < 1.29 is 9.47 Å². The predicted molar refractivity (Wildman–Crippen MR) is 61.1 cm³/mol. The molecule has 0 bridgehead atoms. The number of nitrogens with one attached hydrogen (secondary N) is 1. The molecule has 0 saturated carbocycles. The van der Waals surface area contributed by atoms with Gasteiger partial charge in [-0.1, -0.05) is 11.6 Å². The highest BCUT2D eigenvalue weighted by Crippen LogP contribution is 2.15. The van der Waals surface area contributed by atoms with Gasteiger partial charge in [0.15, 0.2) is 5.02 Å². The molecule has 0 fully saturated rings. The summed E-state index contributed by atoms with van der Waals surface area (Å²) in [6.45, 7) is 6.56. The summed E-state index contributed by atoms with van der Waals surface area (Å²) in [6.07, 6.45) is 1.24. The van der Waals surface area contributed by atoms with Gasteiger partial charge in [-0.3, -0.25) is 4.79 Å². The summed E-state index contributed by atoms with van der Waals surface area (Å²) in [5.41, 5.74) is -0.627. The highest BCUT2D eigenvalue weighted by Gasteiger charge is 2.10. The Kier molecular flexibility index (Phi) is 4.32. The van der Waals surface area contributed by atoms with Crippen LogP contribution in [0, 0.1) is 0 Å². The summed E-state index contributed by atoms with van der Waals surface area (Å²) >= 11 is 5.69. The van der Waals surface area contributed by atoms with Crippen molar-refractivity contribution in [2.24, 2.45) is 0 Å². The van der Waals surface area contributed by atoms with Crippen molar-refractivity contribution >= 4 is 11.6 Å². The van der Waals surface area contributed by atoms with E-state index in [0.29, 0.717) is 13.2 Å². The molecule has 0 aliphatic rings. The molecule has 0 aliphatic carbocycles. The van der Waals surface area contributed by atoms with Gasteiger partial charge in [-0.25, -0.2) is 4.98 Å². The number of halogens is 1. The minimum atomic E-state index is -0.414. The van der Waals surface area contributed by atoms with Crippen LogP contribution in [0.25, 0.3) is 0 Å². The van der Waals surface area contributed by atoms with Crippen molar-refractivity contribution in [3.8, 4) is 5.88 Å². The van der Waals surface area contributed by atoms with E-state index in [1.807, 2.05) is 20.8 Å². The Balaban J connectivity index is 2.44. The summed E-state index contributed by atoms with van der Waals surface area (Å²) in [6, 6.07) is 0. The lowest BCUT2D eigenvalue weighted by molar-refractivity contribution is -0.0168. The van der Waals surface area contributed by atoms with E-state index < -0.39 is 5.56 Å². The van der Waals surface area contributed by atoms with Crippen LogP contribution in [-0.2, 0) is 4.74 Å². The molecule has 0 aromatic carbocycles. The highest BCUT2D eigenvalue weighted by atomic mass is 35.5. The molecule has 0 saturated heterocycles. The standard InChI is InChI=1S/C10H15ClN2O3/c1-10(2,3)16-5-4-15-9-7(11)8(14)12-6-13-9/h6H,4-5H2,1-3H3,(H,12,13,14). The number of nitrogens with zero attached hydrogens (tertiary/aromatic N) is 1. The van der Waals surface area contributed by atoms with E-state index in [9.17, 15) is 4.79 Å². The van der Waals surface area contributed by atoms with Crippen molar-refractivity contribution in [2.45, 2.75) is 26.4 Å². The van der Waals surface area contributed by atoms with Gasteiger partial charge in [-0.2, -0.15) is 0 Å². The fourth-order valence-electron chi connectivity index (χ4n) is 0.954. The molecular formula is C10H15ClN2O3. The molecule has 0 aliphatic heterocycles. The summed E-state index contributed by atoms with van der Waals surface area (Å²) < 4.78 is 10.7. The van der Waals surface area contributed by atoms with Crippen LogP contribution in [0.4, 0.5) is 0 Å². The number of ether oxygens (including phenoxy) is 2. The van der Waals surface area contributed by atoms with Crippen molar-refractivity contribution in [1.82, 2.24) is 9.97 Å². The molecule has 1 rings (SSSR count). The van der Waals surface area contributed by atoms with Gasteiger partial charge in [0.05, 0.1) is 18.5 Å². The number of hydrogen-bond donors (Lipinski definition) is 1. The van der Waals surface area contributed by atoms with Crippen molar-refractivity contribution in [2.75, 3.05) is 13.2 Å².